The van der Waals surface area contributed by atoms with Gasteiger partial charge in [0.1, 0.15) is 0 Å². The van der Waals surface area contributed by atoms with E-state index in [-0.39, 0.29) is 0 Å². The molecule has 0 heterocycles. The molecule has 2 amide bonds. The van der Waals surface area contributed by atoms with E-state index in [0.717, 1.165) is 19.5 Å². The number of carbonyl (C=O) groups is 2. The fourth-order valence-corrected chi connectivity index (χ4v) is 0.987. The van der Waals surface area contributed by atoms with Gasteiger partial charge in [-0.25, -0.2) is 9.59 Å². The van der Waals surface area contributed by atoms with Gasteiger partial charge >= 0.3 is 12.0 Å². The van der Waals surface area contributed by atoms with E-state index in [2.05, 4.69) is 16.0 Å². The van der Waals surface area contributed by atoms with Gasteiger partial charge in [0.05, 0.1) is 6.61 Å². The van der Waals surface area contributed by atoms with Crippen molar-refractivity contribution >= 4 is 12.0 Å². The smallest absolute Gasteiger partial charge is 0.328 e. The van der Waals surface area contributed by atoms with Crippen molar-refractivity contribution in [1.82, 2.24) is 16.0 Å². The SMILES string of the molecule is CCNCCCNC(=O)N[C@H](CO)C(=O)O. The summed E-state index contributed by atoms with van der Waals surface area (Å²) in [4.78, 5) is 21.6. The minimum atomic E-state index is -1.26. The minimum absolute atomic E-state index is 0.455. The van der Waals surface area contributed by atoms with Crippen molar-refractivity contribution in [3.63, 3.8) is 0 Å². The van der Waals surface area contributed by atoms with Gasteiger partial charge in [0, 0.05) is 6.54 Å². The number of carboxylic acids is 1. The number of amides is 2. The van der Waals surface area contributed by atoms with Crippen molar-refractivity contribution in [2.24, 2.45) is 0 Å². The van der Waals surface area contributed by atoms with Gasteiger partial charge in [-0.05, 0) is 19.5 Å². The summed E-state index contributed by atoms with van der Waals surface area (Å²) < 4.78 is 0. The van der Waals surface area contributed by atoms with E-state index in [1.165, 1.54) is 0 Å². The van der Waals surface area contributed by atoms with Gasteiger partial charge in [-0.3, -0.25) is 0 Å². The summed E-state index contributed by atoms with van der Waals surface area (Å²) in [7, 11) is 0. The van der Waals surface area contributed by atoms with Crippen molar-refractivity contribution in [3.8, 4) is 0 Å². The van der Waals surface area contributed by atoms with Crippen LogP contribution in [0.2, 0.25) is 0 Å². The van der Waals surface area contributed by atoms with Crippen LogP contribution in [0, 0.1) is 0 Å². The normalized spacial score (nSPS) is 11.9. The predicted molar refractivity (Wildman–Crippen MR) is 58.2 cm³/mol. The molecule has 0 fully saturated rings. The Morgan fingerprint density at radius 2 is 2.00 bits per heavy atom. The van der Waals surface area contributed by atoms with Gasteiger partial charge in [0.25, 0.3) is 0 Å². The number of carboxylic acid groups (broad SMARTS) is 1. The third kappa shape index (κ3) is 7.02. The van der Waals surface area contributed by atoms with Crippen LogP contribution in [0.3, 0.4) is 0 Å². The Morgan fingerprint density at radius 3 is 2.50 bits per heavy atom. The molecule has 0 aliphatic heterocycles. The Labute approximate surface area is 94.2 Å². The second-order valence-electron chi connectivity index (χ2n) is 3.18. The molecular formula is C9H19N3O4. The van der Waals surface area contributed by atoms with Gasteiger partial charge in [0.15, 0.2) is 6.04 Å². The molecule has 0 saturated heterocycles. The summed E-state index contributed by atoms with van der Waals surface area (Å²) in [5.41, 5.74) is 0. The average Bonchev–Trinajstić information content (AvgIpc) is 2.25. The summed E-state index contributed by atoms with van der Waals surface area (Å²) in [5, 5.41) is 24.9. The van der Waals surface area contributed by atoms with Crippen LogP contribution in [0.4, 0.5) is 4.79 Å². The number of nitrogens with one attached hydrogen (secondary N) is 3. The summed E-state index contributed by atoms with van der Waals surface area (Å²) in [6.45, 7) is 3.48. The van der Waals surface area contributed by atoms with Crippen molar-refractivity contribution in [3.05, 3.63) is 0 Å². The highest BCUT2D eigenvalue weighted by Gasteiger charge is 2.17. The number of aliphatic hydroxyl groups is 1. The molecule has 0 saturated carbocycles. The molecule has 0 aromatic rings. The van der Waals surface area contributed by atoms with E-state index in [1.54, 1.807) is 0 Å². The number of aliphatic hydroxyl groups excluding tert-OH is 1. The van der Waals surface area contributed by atoms with Gasteiger partial charge in [-0.1, -0.05) is 6.92 Å². The van der Waals surface area contributed by atoms with Crippen LogP contribution in [-0.4, -0.2) is 54.5 Å². The van der Waals surface area contributed by atoms with Crippen LogP contribution in [0.15, 0.2) is 0 Å². The van der Waals surface area contributed by atoms with Gasteiger partial charge in [-0.15, -0.1) is 0 Å². The monoisotopic (exact) mass is 233 g/mol. The fraction of sp³-hybridized carbons (Fsp3) is 0.778. The van der Waals surface area contributed by atoms with E-state index in [4.69, 9.17) is 10.2 Å². The zero-order chi connectivity index (χ0) is 12.4. The molecule has 0 aliphatic rings. The number of carbonyl (C=O) groups excluding carboxylic acids is 1. The lowest BCUT2D eigenvalue weighted by atomic mass is 10.3. The maximum absolute atomic E-state index is 11.1. The highest BCUT2D eigenvalue weighted by Crippen LogP contribution is 1.82. The van der Waals surface area contributed by atoms with Crippen molar-refractivity contribution in [2.75, 3.05) is 26.2 Å². The van der Waals surface area contributed by atoms with E-state index < -0.39 is 24.6 Å². The zero-order valence-electron chi connectivity index (χ0n) is 9.32. The van der Waals surface area contributed by atoms with E-state index in [0.29, 0.717) is 6.54 Å². The Morgan fingerprint density at radius 1 is 1.31 bits per heavy atom. The molecule has 0 radical (unpaired) electrons. The van der Waals surface area contributed by atoms with E-state index in [1.807, 2.05) is 6.92 Å². The zero-order valence-corrected chi connectivity index (χ0v) is 9.32. The third-order valence-corrected chi connectivity index (χ3v) is 1.85. The van der Waals surface area contributed by atoms with Crippen molar-refractivity contribution in [1.29, 1.82) is 0 Å². The molecule has 0 aromatic heterocycles. The van der Waals surface area contributed by atoms with Crippen molar-refractivity contribution in [2.45, 2.75) is 19.4 Å². The molecule has 94 valence electrons. The van der Waals surface area contributed by atoms with Crippen LogP contribution in [0.5, 0.6) is 0 Å². The second-order valence-corrected chi connectivity index (χ2v) is 3.18. The van der Waals surface area contributed by atoms with Gasteiger partial charge in [0.2, 0.25) is 0 Å². The first-order valence-corrected chi connectivity index (χ1v) is 5.20. The molecule has 0 bridgehead atoms. The number of urea groups is 1. The standard InChI is InChI=1S/C9H19N3O4/c1-2-10-4-3-5-11-9(16)12-7(6-13)8(14)15/h7,10,13H,2-6H2,1H3,(H,14,15)(H2,11,12,16)/t7-/m1/s1. The topological polar surface area (TPSA) is 111 Å². The summed E-state index contributed by atoms with van der Waals surface area (Å²) >= 11 is 0. The first-order chi connectivity index (χ1) is 7.61. The fourth-order valence-electron chi connectivity index (χ4n) is 0.987. The van der Waals surface area contributed by atoms with Gasteiger partial charge < -0.3 is 26.2 Å². The summed E-state index contributed by atoms with van der Waals surface area (Å²) in [6.07, 6.45) is 0.762. The number of rotatable bonds is 8. The molecule has 7 heteroatoms. The molecule has 0 rings (SSSR count). The molecule has 16 heavy (non-hydrogen) atoms. The Bertz CT molecular complexity index is 223. The van der Waals surface area contributed by atoms with Crippen LogP contribution < -0.4 is 16.0 Å². The van der Waals surface area contributed by atoms with E-state index >= 15 is 0 Å². The molecule has 5 N–H and O–H groups in total. The molecule has 0 unspecified atom stereocenters. The van der Waals surface area contributed by atoms with E-state index in [9.17, 15) is 9.59 Å². The first kappa shape index (κ1) is 14.7. The van der Waals surface area contributed by atoms with Crippen LogP contribution in [-0.2, 0) is 4.79 Å². The maximum Gasteiger partial charge on any atom is 0.328 e. The van der Waals surface area contributed by atoms with Crippen LogP contribution in [0.1, 0.15) is 13.3 Å². The van der Waals surface area contributed by atoms with Crippen molar-refractivity contribution < 1.29 is 19.8 Å². The first-order valence-electron chi connectivity index (χ1n) is 5.20. The lowest BCUT2D eigenvalue weighted by Gasteiger charge is -2.12. The highest BCUT2D eigenvalue weighted by molar-refractivity contribution is 5.82. The number of aliphatic carboxylic acids is 1. The highest BCUT2D eigenvalue weighted by atomic mass is 16.4. The molecule has 0 aliphatic carbocycles. The average molecular weight is 233 g/mol. The minimum Gasteiger partial charge on any atom is -0.480 e. The molecule has 7 nitrogen and oxygen atoms in total. The van der Waals surface area contributed by atoms with Gasteiger partial charge in [-0.2, -0.15) is 0 Å². The summed E-state index contributed by atoms with van der Waals surface area (Å²) in [6, 6.07) is -1.84. The molecule has 1 atom stereocenters. The Kier molecular flexibility index (Phi) is 8.18. The quantitative estimate of drug-likeness (QED) is 0.336. The predicted octanol–water partition coefficient (Wildman–Crippen LogP) is -1.27. The second kappa shape index (κ2) is 8.93. The Balaban J connectivity index is 3.61. The maximum atomic E-state index is 11.1. The largest absolute Gasteiger partial charge is 0.480 e. The molecule has 0 spiro atoms. The molecular weight excluding hydrogens is 214 g/mol. The number of hydrogen-bond acceptors (Lipinski definition) is 4. The van der Waals surface area contributed by atoms with Crippen LogP contribution in [0.25, 0.3) is 0 Å². The summed E-state index contributed by atoms with van der Waals surface area (Å²) in [5.74, 6) is -1.26. The third-order valence-electron chi connectivity index (χ3n) is 1.85. The van der Waals surface area contributed by atoms with Crippen LogP contribution >= 0.6 is 0 Å². The Hall–Kier alpha value is -1.34. The molecule has 0 aromatic carbocycles. The number of hydrogen-bond donors (Lipinski definition) is 5. The lowest BCUT2D eigenvalue weighted by molar-refractivity contribution is -0.140. The lowest BCUT2D eigenvalue weighted by Crippen LogP contribution is -2.48.